The largest absolute Gasteiger partial charge is 0.340 e. The van der Waals surface area contributed by atoms with Crippen LogP contribution in [0.25, 0.3) is 11.5 Å². The number of carbonyl (C=O) groups is 1. The zero-order valence-electron chi connectivity index (χ0n) is 16.6. The molecule has 3 aromatic heterocycles. The van der Waals surface area contributed by atoms with Crippen LogP contribution in [0, 0.1) is 0 Å². The molecule has 30 heavy (non-hydrogen) atoms. The maximum atomic E-state index is 12.8. The summed E-state index contributed by atoms with van der Waals surface area (Å²) in [5.41, 5.74) is 1.92. The van der Waals surface area contributed by atoms with Crippen molar-refractivity contribution in [1.82, 2.24) is 24.7 Å². The Kier molecular flexibility index (Phi) is 5.47. The summed E-state index contributed by atoms with van der Waals surface area (Å²) >= 11 is 0. The normalized spacial score (nSPS) is 10.8. The molecule has 0 spiro atoms. The molecule has 4 rings (SSSR count). The van der Waals surface area contributed by atoms with Gasteiger partial charge in [-0.15, -0.1) is 10.2 Å². The molecule has 150 valence electrons. The molecular formula is C22H21N7O. The highest BCUT2D eigenvalue weighted by Crippen LogP contribution is 2.21. The van der Waals surface area contributed by atoms with Gasteiger partial charge in [0.15, 0.2) is 5.82 Å². The van der Waals surface area contributed by atoms with Crippen molar-refractivity contribution < 1.29 is 4.79 Å². The molecule has 1 amide bonds. The van der Waals surface area contributed by atoms with E-state index >= 15 is 0 Å². The molecule has 0 saturated carbocycles. The van der Waals surface area contributed by atoms with Crippen LogP contribution in [-0.2, 0) is 0 Å². The fourth-order valence-corrected chi connectivity index (χ4v) is 2.94. The van der Waals surface area contributed by atoms with Gasteiger partial charge in [0.1, 0.15) is 23.7 Å². The van der Waals surface area contributed by atoms with Crippen molar-refractivity contribution in [2.45, 2.75) is 19.9 Å². The Balaban J connectivity index is 1.52. The quantitative estimate of drug-likeness (QED) is 0.501. The third-order valence-corrected chi connectivity index (χ3v) is 4.41. The maximum Gasteiger partial charge on any atom is 0.256 e. The van der Waals surface area contributed by atoms with Gasteiger partial charge in [0.25, 0.3) is 5.91 Å². The number of hydrogen-bond acceptors (Lipinski definition) is 6. The van der Waals surface area contributed by atoms with Gasteiger partial charge in [-0.3, -0.25) is 4.79 Å². The highest BCUT2D eigenvalue weighted by Gasteiger charge is 2.13. The first-order valence-electron chi connectivity index (χ1n) is 9.56. The summed E-state index contributed by atoms with van der Waals surface area (Å²) < 4.78 is 1.93. The third kappa shape index (κ3) is 4.33. The molecule has 0 atom stereocenters. The molecular weight excluding hydrogens is 378 g/mol. The summed E-state index contributed by atoms with van der Waals surface area (Å²) in [5.74, 6) is 1.55. The van der Waals surface area contributed by atoms with Gasteiger partial charge in [-0.1, -0.05) is 18.2 Å². The van der Waals surface area contributed by atoms with Crippen LogP contribution < -0.4 is 10.6 Å². The summed E-state index contributed by atoms with van der Waals surface area (Å²) in [4.78, 5) is 21.5. The maximum absolute atomic E-state index is 12.8. The minimum absolute atomic E-state index is 0.199. The monoisotopic (exact) mass is 399 g/mol. The molecule has 0 unspecified atom stereocenters. The Hall–Kier alpha value is -4.07. The second-order valence-corrected chi connectivity index (χ2v) is 6.94. The van der Waals surface area contributed by atoms with E-state index in [0.717, 1.165) is 5.69 Å². The van der Waals surface area contributed by atoms with Crippen molar-refractivity contribution in [2.24, 2.45) is 0 Å². The minimum Gasteiger partial charge on any atom is -0.340 e. The van der Waals surface area contributed by atoms with E-state index in [1.807, 2.05) is 60.9 Å². The van der Waals surface area contributed by atoms with E-state index in [1.54, 1.807) is 30.7 Å². The van der Waals surface area contributed by atoms with Crippen molar-refractivity contribution in [1.29, 1.82) is 0 Å². The number of aromatic nitrogens is 5. The number of anilines is 3. The molecule has 0 saturated heterocycles. The first kappa shape index (κ1) is 19.3. The predicted molar refractivity (Wildman–Crippen MR) is 116 cm³/mol. The number of benzene rings is 1. The first-order valence-corrected chi connectivity index (χ1v) is 9.56. The summed E-state index contributed by atoms with van der Waals surface area (Å²) in [7, 11) is 0. The van der Waals surface area contributed by atoms with Crippen LogP contribution in [0.1, 0.15) is 30.2 Å². The molecule has 0 aliphatic heterocycles. The highest BCUT2D eigenvalue weighted by molar-refractivity contribution is 6.04. The van der Waals surface area contributed by atoms with Crippen LogP contribution in [0.5, 0.6) is 0 Å². The standard InChI is InChI=1S/C22H21N7O/c1-15(2)29-14-24-28-21(29)18-9-6-11-20(26-18)27-22(30)16-7-5-8-17(13-16)25-19-10-3-4-12-23-19/h3-15H,1-2H3,(H,23,25)(H,26,27,30). The van der Waals surface area contributed by atoms with Gasteiger partial charge >= 0.3 is 0 Å². The minimum atomic E-state index is -0.255. The SMILES string of the molecule is CC(C)n1cnnc1-c1cccc(NC(=O)c2cccc(Nc3ccccn3)c2)n1. The predicted octanol–water partition coefficient (Wildman–Crippen LogP) is 4.31. The van der Waals surface area contributed by atoms with Gasteiger partial charge in [-0.25, -0.2) is 9.97 Å². The van der Waals surface area contributed by atoms with E-state index in [9.17, 15) is 4.79 Å². The molecule has 1 aromatic carbocycles. The molecule has 8 heteroatoms. The van der Waals surface area contributed by atoms with E-state index in [1.165, 1.54) is 0 Å². The number of rotatable bonds is 6. The van der Waals surface area contributed by atoms with Crippen LogP contribution in [0.3, 0.4) is 0 Å². The third-order valence-electron chi connectivity index (χ3n) is 4.41. The zero-order valence-corrected chi connectivity index (χ0v) is 16.6. The first-order chi connectivity index (χ1) is 14.6. The van der Waals surface area contributed by atoms with Crippen LogP contribution >= 0.6 is 0 Å². The molecule has 0 fully saturated rings. The Morgan fingerprint density at radius 2 is 1.83 bits per heavy atom. The number of nitrogens with zero attached hydrogens (tertiary/aromatic N) is 5. The van der Waals surface area contributed by atoms with Crippen molar-refractivity contribution in [2.75, 3.05) is 10.6 Å². The molecule has 0 bridgehead atoms. The lowest BCUT2D eigenvalue weighted by molar-refractivity contribution is 0.102. The van der Waals surface area contributed by atoms with E-state index in [2.05, 4.69) is 30.8 Å². The summed E-state index contributed by atoms with van der Waals surface area (Å²) in [5, 5.41) is 14.2. The van der Waals surface area contributed by atoms with Crippen molar-refractivity contribution in [3.63, 3.8) is 0 Å². The highest BCUT2D eigenvalue weighted by atomic mass is 16.1. The number of amides is 1. The van der Waals surface area contributed by atoms with E-state index in [-0.39, 0.29) is 11.9 Å². The van der Waals surface area contributed by atoms with Crippen molar-refractivity contribution in [3.05, 3.63) is 78.8 Å². The average Bonchev–Trinajstić information content (AvgIpc) is 3.25. The Labute approximate surface area is 174 Å². The van der Waals surface area contributed by atoms with Gasteiger partial charge in [0.2, 0.25) is 0 Å². The summed E-state index contributed by atoms with van der Waals surface area (Å²) in [6.07, 6.45) is 3.38. The average molecular weight is 399 g/mol. The van der Waals surface area contributed by atoms with Crippen LogP contribution in [0.15, 0.2) is 73.2 Å². The number of hydrogen-bond donors (Lipinski definition) is 2. The van der Waals surface area contributed by atoms with Crippen LogP contribution in [-0.4, -0.2) is 30.6 Å². The van der Waals surface area contributed by atoms with Gasteiger partial charge in [0.05, 0.1) is 0 Å². The van der Waals surface area contributed by atoms with E-state index < -0.39 is 0 Å². The van der Waals surface area contributed by atoms with E-state index in [0.29, 0.717) is 28.7 Å². The summed E-state index contributed by atoms with van der Waals surface area (Å²) in [6.45, 7) is 4.09. The molecule has 0 aliphatic carbocycles. The van der Waals surface area contributed by atoms with Gasteiger partial charge < -0.3 is 15.2 Å². The Bertz CT molecular complexity index is 1150. The fraction of sp³-hybridized carbons (Fsp3) is 0.136. The van der Waals surface area contributed by atoms with Gasteiger partial charge in [-0.2, -0.15) is 0 Å². The van der Waals surface area contributed by atoms with E-state index in [4.69, 9.17) is 0 Å². The molecule has 3 heterocycles. The lowest BCUT2D eigenvalue weighted by atomic mass is 10.2. The topological polar surface area (TPSA) is 97.6 Å². The Morgan fingerprint density at radius 3 is 2.63 bits per heavy atom. The number of nitrogens with one attached hydrogen (secondary N) is 2. The van der Waals surface area contributed by atoms with Crippen molar-refractivity contribution in [3.8, 4) is 11.5 Å². The molecule has 0 aliphatic rings. The number of carbonyl (C=O) groups excluding carboxylic acids is 1. The zero-order chi connectivity index (χ0) is 20.9. The second-order valence-electron chi connectivity index (χ2n) is 6.94. The Morgan fingerprint density at radius 1 is 1.00 bits per heavy atom. The van der Waals surface area contributed by atoms with Crippen LogP contribution in [0.4, 0.5) is 17.3 Å². The summed E-state index contributed by atoms with van der Waals surface area (Å²) in [6, 6.07) is 18.4. The van der Waals surface area contributed by atoms with Gasteiger partial charge in [-0.05, 0) is 56.3 Å². The smallest absolute Gasteiger partial charge is 0.256 e. The second kappa shape index (κ2) is 8.52. The lowest BCUT2D eigenvalue weighted by Crippen LogP contribution is -2.13. The fourth-order valence-electron chi connectivity index (χ4n) is 2.94. The lowest BCUT2D eigenvalue weighted by Gasteiger charge is -2.11. The van der Waals surface area contributed by atoms with Crippen molar-refractivity contribution >= 4 is 23.2 Å². The number of pyridine rings is 2. The molecule has 2 N–H and O–H groups in total. The van der Waals surface area contributed by atoms with Crippen LogP contribution in [0.2, 0.25) is 0 Å². The molecule has 4 aromatic rings. The molecule has 0 radical (unpaired) electrons. The van der Waals surface area contributed by atoms with Gasteiger partial charge in [0, 0.05) is 23.5 Å². The molecule has 8 nitrogen and oxygen atoms in total.